The highest BCUT2D eigenvalue weighted by Crippen LogP contribution is 2.20. The first-order chi connectivity index (χ1) is 11.2. The average Bonchev–Trinajstić information content (AvgIpc) is 2.45. The zero-order chi connectivity index (χ0) is 17.7. The van der Waals surface area contributed by atoms with Gasteiger partial charge in [0, 0.05) is 12.1 Å². The Morgan fingerprint density at radius 2 is 1.83 bits per heavy atom. The summed E-state index contributed by atoms with van der Waals surface area (Å²) in [5.41, 5.74) is 2.15. The van der Waals surface area contributed by atoms with E-state index in [2.05, 4.69) is 10.0 Å². The monoisotopic (exact) mass is 350 g/mol. The van der Waals surface area contributed by atoms with Crippen LogP contribution < -0.4 is 10.0 Å². The van der Waals surface area contributed by atoms with Crippen LogP contribution in [0.1, 0.15) is 23.6 Å². The van der Waals surface area contributed by atoms with E-state index in [0.717, 1.165) is 11.8 Å². The molecule has 2 aromatic rings. The summed E-state index contributed by atoms with van der Waals surface area (Å²) in [5.74, 6) is -0.771. The van der Waals surface area contributed by atoms with Gasteiger partial charge in [0.1, 0.15) is 5.82 Å². The van der Waals surface area contributed by atoms with Crippen molar-refractivity contribution < 1.29 is 17.6 Å². The first kappa shape index (κ1) is 18.1. The van der Waals surface area contributed by atoms with Crippen molar-refractivity contribution in [3.63, 3.8) is 0 Å². The number of carbonyl (C=O) groups is 1. The van der Waals surface area contributed by atoms with Crippen molar-refractivity contribution in [2.75, 3.05) is 11.6 Å². The van der Waals surface area contributed by atoms with Crippen molar-refractivity contribution >= 4 is 21.6 Å². The molecule has 0 fully saturated rings. The van der Waals surface area contributed by atoms with Crippen LogP contribution in [0.15, 0.2) is 48.5 Å². The molecule has 0 radical (unpaired) electrons. The molecule has 0 saturated heterocycles. The molecule has 24 heavy (non-hydrogen) atoms. The standard InChI is InChI=1S/C17H19FN2O3S/c1-12-4-3-5-15(10-12)19-17(21)11-16(20-24(2,22)23)13-6-8-14(18)9-7-13/h3-10,16,20H,11H2,1-2H3,(H,19,21)/t16-/m1/s1. The van der Waals surface area contributed by atoms with Gasteiger partial charge < -0.3 is 5.32 Å². The Kier molecular flexibility index (Phi) is 5.69. The molecule has 2 rings (SSSR count). The molecule has 0 aromatic heterocycles. The number of anilines is 1. The maximum atomic E-state index is 13.1. The van der Waals surface area contributed by atoms with Crippen molar-refractivity contribution in [2.45, 2.75) is 19.4 Å². The average molecular weight is 350 g/mol. The van der Waals surface area contributed by atoms with Gasteiger partial charge in [0.15, 0.2) is 0 Å². The Labute approximate surface area is 141 Å². The molecular weight excluding hydrogens is 331 g/mol. The molecule has 0 spiro atoms. The first-order valence-corrected chi connectivity index (χ1v) is 9.21. The van der Waals surface area contributed by atoms with Gasteiger partial charge in [-0.1, -0.05) is 24.3 Å². The number of amides is 1. The quantitative estimate of drug-likeness (QED) is 0.841. The van der Waals surface area contributed by atoms with Crippen molar-refractivity contribution in [1.29, 1.82) is 0 Å². The number of carbonyl (C=O) groups excluding carboxylic acids is 1. The molecule has 7 heteroatoms. The number of benzene rings is 2. The van der Waals surface area contributed by atoms with Crippen LogP contribution in [-0.2, 0) is 14.8 Å². The molecule has 0 saturated carbocycles. The minimum absolute atomic E-state index is 0.105. The van der Waals surface area contributed by atoms with E-state index in [1.165, 1.54) is 24.3 Å². The molecule has 1 atom stereocenters. The highest BCUT2D eigenvalue weighted by Gasteiger charge is 2.20. The van der Waals surface area contributed by atoms with Crippen LogP contribution in [0.4, 0.5) is 10.1 Å². The molecule has 2 N–H and O–H groups in total. The Morgan fingerprint density at radius 3 is 2.42 bits per heavy atom. The molecular formula is C17H19FN2O3S. The van der Waals surface area contributed by atoms with Gasteiger partial charge in [-0.25, -0.2) is 17.5 Å². The van der Waals surface area contributed by atoms with Gasteiger partial charge in [-0.3, -0.25) is 4.79 Å². The van der Waals surface area contributed by atoms with Crippen LogP contribution in [0.3, 0.4) is 0 Å². The van der Waals surface area contributed by atoms with E-state index in [4.69, 9.17) is 0 Å². The van der Waals surface area contributed by atoms with Gasteiger partial charge in [0.25, 0.3) is 0 Å². The molecule has 128 valence electrons. The molecule has 5 nitrogen and oxygen atoms in total. The number of hydrogen-bond acceptors (Lipinski definition) is 3. The van der Waals surface area contributed by atoms with Crippen LogP contribution in [0.2, 0.25) is 0 Å². The molecule has 2 aromatic carbocycles. The van der Waals surface area contributed by atoms with Crippen LogP contribution in [0, 0.1) is 12.7 Å². The normalized spacial score (nSPS) is 12.6. The first-order valence-electron chi connectivity index (χ1n) is 7.32. The van der Waals surface area contributed by atoms with Crippen LogP contribution in [0.5, 0.6) is 0 Å². The molecule has 0 aliphatic heterocycles. The second-order valence-corrected chi connectivity index (χ2v) is 7.40. The number of nitrogens with one attached hydrogen (secondary N) is 2. The number of hydrogen-bond donors (Lipinski definition) is 2. The number of rotatable bonds is 6. The van der Waals surface area contributed by atoms with Crippen LogP contribution >= 0.6 is 0 Å². The van der Waals surface area contributed by atoms with Crippen LogP contribution in [0.25, 0.3) is 0 Å². The minimum atomic E-state index is -3.53. The SMILES string of the molecule is Cc1cccc(NC(=O)C[C@@H](NS(C)(=O)=O)c2ccc(F)cc2)c1. The van der Waals surface area contributed by atoms with Crippen LogP contribution in [-0.4, -0.2) is 20.6 Å². The Morgan fingerprint density at radius 1 is 1.17 bits per heavy atom. The van der Waals surface area contributed by atoms with Gasteiger partial charge in [0.05, 0.1) is 12.3 Å². The summed E-state index contributed by atoms with van der Waals surface area (Å²) < 4.78 is 38.6. The zero-order valence-corrected chi connectivity index (χ0v) is 14.2. The number of halogens is 1. The predicted molar refractivity (Wildman–Crippen MR) is 91.5 cm³/mol. The molecule has 1 amide bonds. The maximum absolute atomic E-state index is 13.1. The van der Waals surface area contributed by atoms with Gasteiger partial charge in [-0.2, -0.15) is 0 Å². The fourth-order valence-corrected chi connectivity index (χ4v) is 3.04. The minimum Gasteiger partial charge on any atom is -0.326 e. The highest BCUT2D eigenvalue weighted by atomic mass is 32.2. The summed E-state index contributed by atoms with van der Waals surface area (Å²) in [6, 6.07) is 11.9. The van der Waals surface area contributed by atoms with E-state index >= 15 is 0 Å². The van der Waals surface area contributed by atoms with Gasteiger partial charge in [-0.05, 0) is 42.3 Å². The predicted octanol–water partition coefficient (Wildman–Crippen LogP) is 2.75. The van der Waals surface area contributed by atoms with Crippen molar-refractivity contribution in [3.8, 4) is 0 Å². The summed E-state index contributed by atoms with van der Waals surface area (Å²) in [5, 5.41) is 2.73. The summed E-state index contributed by atoms with van der Waals surface area (Å²) in [6.45, 7) is 1.90. The Balaban J connectivity index is 2.15. The smallest absolute Gasteiger partial charge is 0.226 e. The molecule has 0 aliphatic carbocycles. The number of sulfonamides is 1. The lowest BCUT2D eigenvalue weighted by Crippen LogP contribution is -2.30. The maximum Gasteiger partial charge on any atom is 0.226 e. The summed E-state index contributed by atoms with van der Waals surface area (Å²) in [6.07, 6.45) is 0.911. The largest absolute Gasteiger partial charge is 0.326 e. The summed E-state index contributed by atoms with van der Waals surface area (Å²) >= 11 is 0. The Hall–Kier alpha value is -2.25. The third-order valence-corrected chi connectivity index (χ3v) is 4.03. The van der Waals surface area contributed by atoms with E-state index in [-0.39, 0.29) is 12.3 Å². The third kappa shape index (κ3) is 5.75. The fourth-order valence-electron chi connectivity index (χ4n) is 2.30. The molecule has 0 unspecified atom stereocenters. The van der Waals surface area contributed by atoms with Crippen molar-refractivity contribution in [1.82, 2.24) is 4.72 Å². The lowest BCUT2D eigenvalue weighted by molar-refractivity contribution is -0.116. The Bertz CT molecular complexity index is 820. The topological polar surface area (TPSA) is 75.3 Å². The fraction of sp³-hybridized carbons (Fsp3) is 0.235. The molecule has 0 bridgehead atoms. The van der Waals surface area contributed by atoms with Crippen molar-refractivity contribution in [2.24, 2.45) is 0 Å². The molecule has 0 heterocycles. The highest BCUT2D eigenvalue weighted by molar-refractivity contribution is 7.88. The lowest BCUT2D eigenvalue weighted by atomic mass is 10.0. The number of aryl methyl sites for hydroxylation is 1. The van der Waals surface area contributed by atoms with Gasteiger partial charge >= 0.3 is 0 Å². The third-order valence-electron chi connectivity index (χ3n) is 3.32. The van der Waals surface area contributed by atoms with Gasteiger partial charge in [0.2, 0.25) is 15.9 Å². The van der Waals surface area contributed by atoms with E-state index in [9.17, 15) is 17.6 Å². The van der Waals surface area contributed by atoms with E-state index in [1.807, 2.05) is 25.1 Å². The van der Waals surface area contributed by atoms with Crippen molar-refractivity contribution in [3.05, 3.63) is 65.5 Å². The van der Waals surface area contributed by atoms with E-state index in [0.29, 0.717) is 11.3 Å². The summed E-state index contributed by atoms with van der Waals surface area (Å²) in [4.78, 5) is 12.2. The molecule has 0 aliphatic rings. The zero-order valence-electron chi connectivity index (χ0n) is 13.4. The van der Waals surface area contributed by atoms with E-state index < -0.39 is 21.9 Å². The lowest BCUT2D eigenvalue weighted by Gasteiger charge is -2.18. The summed E-state index contributed by atoms with van der Waals surface area (Å²) in [7, 11) is -3.53. The van der Waals surface area contributed by atoms with Gasteiger partial charge in [-0.15, -0.1) is 0 Å². The second-order valence-electron chi connectivity index (χ2n) is 5.62. The second kappa shape index (κ2) is 7.55. The van der Waals surface area contributed by atoms with E-state index in [1.54, 1.807) is 6.07 Å².